The summed E-state index contributed by atoms with van der Waals surface area (Å²) in [7, 11) is -4.51. The average Bonchev–Trinajstić information content (AvgIpc) is 2.97. The number of aromatic nitrogens is 2. The fourth-order valence-electron chi connectivity index (χ4n) is 3.26. The van der Waals surface area contributed by atoms with Crippen molar-refractivity contribution >= 4 is 22.6 Å². The molecule has 1 fully saturated rings. The van der Waals surface area contributed by atoms with Crippen molar-refractivity contribution in [2.24, 2.45) is 0 Å². The molecule has 0 amide bonds. The number of nitrogens with zero attached hydrogens (tertiary/aromatic N) is 2. The van der Waals surface area contributed by atoms with E-state index in [4.69, 9.17) is 18.7 Å². The van der Waals surface area contributed by atoms with Crippen LogP contribution in [0.3, 0.4) is 0 Å². The summed E-state index contributed by atoms with van der Waals surface area (Å²) in [5.74, 6) is -1.32. The van der Waals surface area contributed by atoms with Crippen LogP contribution in [0.5, 0.6) is 0 Å². The predicted molar refractivity (Wildman–Crippen MR) is 138 cm³/mol. The minimum atomic E-state index is -2.36. The van der Waals surface area contributed by atoms with Crippen molar-refractivity contribution in [3.63, 3.8) is 0 Å². The molecule has 1 aromatic heterocycles. The minimum absolute atomic E-state index is 0.0390. The van der Waals surface area contributed by atoms with E-state index in [1.54, 1.807) is 0 Å². The van der Waals surface area contributed by atoms with Gasteiger partial charge in [-0.05, 0) is 36.3 Å². The number of hydrogen-bond donors (Lipinski definition) is 2. The van der Waals surface area contributed by atoms with Gasteiger partial charge in [0, 0.05) is 12.3 Å². The number of carboxylic acids is 1. The highest BCUT2D eigenvalue weighted by Gasteiger charge is 2.51. The zero-order chi connectivity index (χ0) is 27.1. The van der Waals surface area contributed by atoms with Crippen molar-refractivity contribution in [1.29, 1.82) is 0 Å². The number of rotatable bonds is 8. The van der Waals surface area contributed by atoms with Crippen molar-refractivity contribution in [1.82, 2.24) is 9.13 Å². The Hall–Kier alpha value is -1.58. The number of aliphatic carboxylic acids is 1. The summed E-state index contributed by atoms with van der Waals surface area (Å²) < 4.78 is 20.8. The lowest BCUT2D eigenvalue weighted by molar-refractivity contribution is -0.137. The lowest BCUT2D eigenvalue weighted by Crippen LogP contribution is -2.51. The summed E-state index contributed by atoms with van der Waals surface area (Å²) in [6, 6.07) is 1.09. The second-order valence-electron chi connectivity index (χ2n) is 12.3. The standard InChI is InChI=1S/C23H42N2O8Si2/c1-22(2,3)34(7,8)31-14-15-19(33-35(9,10)23(4,5)6)18(29)20(32-15)24-12-11-16(26)25(21(24)30)13-17(27)28/h11-12,15,18-20,29H,13-14H2,1-10H3,(H,27,28)/t15-,18-,19-,20-/m1/s1. The molecule has 1 saturated heterocycles. The van der Waals surface area contributed by atoms with Crippen molar-refractivity contribution < 1.29 is 28.6 Å². The number of aliphatic hydroxyl groups excluding tert-OH is 1. The largest absolute Gasteiger partial charge is 0.480 e. The first-order valence-corrected chi connectivity index (χ1v) is 17.7. The van der Waals surface area contributed by atoms with Crippen LogP contribution < -0.4 is 11.2 Å². The van der Waals surface area contributed by atoms with E-state index in [-0.39, 0.29) is 16.7 Å². The molecular formula is C23H42N2O8Si2. The highest BCUT2D eigenvalue weighted by Crippen LogP contribution is 2.42. The van der Waals surface area contributed by atoms with Crippen molar-refractivity contribution in [2.75, 3.05) is 6.61 Å². The van der Waals surface area contributed by atoms with Gasteiger partial charge >= 0.3 is 11.7 Å². The number of aliphatic hydroxyl groups is 1. The van der Waals surface area contributed by atoms with Gasteiger partial charge in [-0.15, -0.1) is 0 Å². The van der Waals surface area contributed by atoms with Crippen LogP contribution in [0, 0.1) is 0 Å². The molecule has 10 nitrogen and oxygen atoms in total. The lowest BCUT2D eigenvalue weighted by Gasteiger charge is -2.41. The summed E-state index contributed by atoms with van der Waals surface area (Å²) in [6.07, 6.45) is -2.60. The molecule has 0 saturated carbocycles. The maximum atomic E-state index is 13.0. The van der Waals surface area contributed by atoms with Crippen LogP contribution in [0.4, 0.5) is 0 Å². The first kappa shape index (κ1) is 29.7. The Bertz CT molecular complexity index is 1040. The Kier molecular flexibility index (Phi) is 8.52. The molecule has 0 radical (unpaired) electrons. The molecule has 0 aliphatic carbocycles. The Labute approximate surface area is 209 Å². The number of hydrogen-bond acceptors (Lipinski definition) is 7. The summed E-state index contributed by atoms with van der Waals surface area (Å²) in [6.45, 7) is 20.4. The molecule has 2 N–H and O–H groups in total. The van der Waals surface area contributed by atoms with Crippen LogP contribution in [-0.4, -0.2) is 66.9 Å². The third-order valence-electron chi connectivity index (χ3n) is 7.62. The van der Waals surface area contributed by atoms with Crippen LogP contribution in [0.2, 0.25) is 36.3 Å². The van der Waals surface area contributed by atoms with E-state index in [1.165, 1.54) is 6.20 Å². The molecule has 1 aliphatic heterocycles. The summed E-state index contributed by atoms with van der Waals surface area (Å²) >= 11 is 0. The van der Waals surface area contributed by atoms with Gasteiger partial charge in [0.15, 0.2) is 22.9 Å². The monoisotopic (exact) mass is 530 g/mol. The third kappa shape index (κ3) is 6.41. The SMILES string of the molecule is CC(C)(C)[Si](C)(C)OC[C@H]1O[C@@H](n2ccc(=O)n(CC(=O)O)c2=O)[C@H](O)[C@@H]1O[Si](C)(C)C(C)(C)C. The molecule has 0 aromatic carbocycles. The maximum absolute atomic E-state index is 13.0. The Morgan fingerprint density at radius 1 is 1.06 bits per heavy atom. The lowest BCUT2D eigenvalue weighted by atomic mass is 10.1. The molecule has 2 heterocycles. The molecule has 1 aromatic rings. The number of ether oxygens (including phenoxy) is 1. The van der Waals surface area contributed by atoms with E-state index in [1.807, 2.05) is 0 Å². The van der Waals surface area contributed by atoms with Gasteiger partial charge in [-0.2, -0.15) is 0 Å². The predicted octanol–water partition coefficient (Wildman–Crippen LogP) is 2.77. The normalized spacial score (nSPS) is 24.1. The molecule has 0 unspecified atom stereocenters. The first-order chi connectivity index (χ1) is 15.7. The van der Waals surface area contributed by atoms with E-state index >= 15 is 0 Å². The maximum Gasteiger partial charge on any atom is 0.333 e. The van der Waals surface area contributed by atoms with E-state index in [0.29, 0.717) is 4.57 Å². The minimum Gasteiger partial charge on any atom is -0.480 e. The van der Waals surface area contributed by atoms with E-state index in [9.17, 15) is 19.5 Å². The van der Waals surface area contributed by atoms with Gasteiger partial charge < -0.3 is 23.8 Å². The van der Waals surface area contributed by atoms with Crippen LogP contribution in [0.1, 0.15) is 47.8 Å². The summed E-state index contributed by atoms with van der Waals surface area (Å²) in [4.78, 5) is 36.3. The van der Waals surface area contributed by atoms with E-state index < -0.39 is 64.9 Å². The van der Waals surface area contributed by atoms with Gasteiger partial charge in [0.2, 0.25) is 0 Å². The topological polar surface area (TPSA) is 129 Å². The Balaban J connectivity index is 2.47. The van der Waals surface area contributed by atoms with Crippen LogP contribution in [0.25, 0.3) is 0 Å². The smallest absolute Gasteiger partial charge is 0.333 e. The fraction of sp³-hybridized carbons (Fsp3) is 0.783. The van der Waals surface area contributed by atoms with Gasteiger partial charge in [-0.25, -0.2) is 9.36 Å². The fourth-order valence-corrected chi connectivity index (χ4v) is 5.60. The zero-order valence-electron chi connectivity index (χ0n) is 22.6. The first-order valence-electron chi connectivity index (χ1n) is 11.9. The number of carbonyl (C=O) groups is 1. The van der Waals surface area contributed by atoms with Crippen LogP contribution in [0.15, 0.2) is 21.9 Å². The van der Waals surface area contributed by atoms with Crippen molar-refractivity contribution in [3.05, 3.63) is 33.1 Å². The van der Waals surface area contributed by atoms with E-state index in [0.717, 1.165) is 10.6 Å². The zero-order valence-corrected chi connectivity index (χ0v) is 24.6. The van der Waals surface area contributed by atoms with Crippen LogP contribution >= 0.6 is 0 Å². The Morgan fingerprint density at radius 3 is 2.09 bits per heavy atom. The molecule has 2 rings (SSSR count). The van der Waals surface area contributed by atoms with Gasteiger partial charge in [-0.3, -0.25) is 14.2 Å². The second kappa shape index (κ2) is 10.1. The van der Waals surface area contributed by atoms with Gasteiger partial charge in [-0.1, -0.05) is 41.5 Å². The van der Waals surface area contributed by atoms with Crippen molar-refractivity contribution in [2.45, 2.75) is 109 Å². The molecule has 35 heavy (non-hydrogen) atoms. The summed E-state index contributed by atoms with van der Waals surface area (Å²) in [5.41, 5.74) is -1.62. The molecule has 200 valence electrons. The molecule has 4 atom stereocenters. The number of carboxylic acid groups (broad SMARTS) is 1. The third-order valence-corrected chi connectivity index (χ3v) is 16.6. The molecular weight excluding hydrogens is 488 g/mol. The average molecular weight is 531 g/mol. The van der Waals surface area contributed by atoms with E-state index in [2.05, 4.69) is 67.7 Å². The summed E-state index contributed by atoms with van der Waals surface area (Å²) in [5, 5.41) is 20.3. The van der Waals surface area contributed by atoms with Crippen molar-refractivity contribution in [3.8, 4) is 0 Å². The molecule has 0 bridgehead atoms. The highest BCUT2D eigenvalue weighted by molar-refractivity contribution is 6.74. The molecule has 0 spiro atoms. The second-order valence-corrected chi connectivity index (χ2v) is 21.9. The highest BCUT2D eigenvalue weighted by atomic mass is 28.4. The molecule has 1 aliphatic rings. The van der Waals surface area contributed by atoms with Gasteiger partial charge in [0.05, 0.1) is 6.61 Å². The van der Waals surface area contributed by atoms with Crippen LogP contribution in [-0.2, 0) is 24.9 Å². The molecule has 12 heteroatoms. The quantitative estimate of drug-likeness (QED) is 0.491. The van der Waals surface area contributed by atoms with Gasteiger partial charge in [0.25, 0.3) is 5.56 Å². The Morgan fingerprint density at radius 2 is 1.60 bits per heavy atom. The van der Waals surface area contributed by atoms with Gasteiger partial charge in [0.1, 0.15) is 24.9 Å².